The van der Waals surface area contributed by atoms with E-state index in [-0.39, 0.29) is 5.91 Å². The van der Waals surface area contributed by atoms with Gasteiger partial charge in [0.1, 0.15) is 0 Å². The Morgan fingerprint density at radius 3 is 2.53 bits per heavy atom. The molecule has 0 aliphatic heterocycles. The second kappa shape index (κ2) is 7.33. The molecular weight excluding hydrogens is 259 g/mol. The first kappa shape index (κ1) is 14.0. The standard InChI is InChI=1S/C12H14Cl2N2O/c1-2-4-15-5-3-12(17)16-11-7-9(13)6-10(14)8-11/h2,6-8,15H,1,3-5H2,(H,16,17). The van der Waals surface area contributed by atoms with Gasteiger partial charge in [0.2, 0.25) is 5.91 Å². The van der Waals surface area contributed by atoms with Crippen molar-refractivity contribution in [3.05, 3.63) is 40.9 Å². The van der Waals surface area contributed by atoms with Gasteiger partial charge in [0, 0.05) is 35.2 Å². The summed E-state index contributed by atoms with van der Waals surface area (Å²) in [6.07, 6.45) is 2.13. The Balaban J connectivity index is 2.42. The highest BCUT2D eigenvalue weighted by Crippen LogP contribution is 2.22. The lowest BCUT2D eigenvalue weighted by Crippen LogP contribution is -2.21. The van der Waals surface area contributed by atoms with Crippen LogP contribution in [0.4, 0.5) is 5.69 Å². The number of carbonyl (C=O) groups is 1. The number of hydrogen-bond donors (Lipinski definition) is 2. The van der Waals surface area contributed by atoms with Crippen LogP contribution >= 0.6 is 23.2 Å². The fourth-order valence-corrected chi connectivity index (χ4v) is 1.78. The molecule has 0 bridgehead atoms. The number of rotatable bonds is 6. The summed E-state index contributed by atoms with van der Waals surface area (Å²) < 4.78 is 0. The van der Waals surface area contributed by atoms with Crippen LogP contribution in [0.2, 0.25) is 10.0 Å². The summed E-state index contributed by atoms with van der Waals surface area (Å²) in [4.78, 5) is 11.5. The van der Waals surface area contributed by atoms with E-state index in [1.165, 1.54) is 0 Å². The highest BCUT2D eigenvalue weighted by atomic mass is 35.5. The van der Waals surface area contributed by atoms with Gasteiger partial charge in [-0.05, 0) is 18.2 Å². The Labute approximate surface area is 111 Å². The molecule has 0 saturated heterocycles. The molecule has 5 heteroatoms. The van der Waals surface area contributed by atoms with Gasteiger partial charge in [-0.25, -0.2) is 0 Å². The molecule has 0 aliphatic rings. The third-order valence-electron chi connectivity index (χ3n) is 1.96. The molecule has 2 N–H and O–H groups in total. The maximum atomic E-state index is 11.5. The quantitative estimate of drug-likeness (QED) is 0.617. The lowest BCUT2D eigenvalue weighted by Gasteiger charge is -2.06. The van der Waals surface area contributed by atoms with Crippen LogP contribution in [0, 0.1) is 0 Å². The molecule has 1 amide bonds. The largest absolute Gasteiger partial charge is 0.326 e. The van der Waals surface area contributed by atoms with E-state index in [0.29, 0.717) is 35.2 Å². The summed E-state index contributed by atoms with van der Waals surface area (Å²) in [5.41, 5.74) is 0.608. The van der Waals surface area contributed by atoms with Crippen LogP contribution in [-0.4, -0.2) is 19.0 Å². The second-order valence-corrected chi connectivity index (χ2v) is 4.32. The Bertz CT molecular complexity index is 387. The van der Waals surface area contributed by atoms with Gasteiger partial charge < -0.3 is 10.6 Å². The Kier molecular flexibility index (Phi) is 6.05. The summed E-state index contributed by atoms with van der Waals surface area (Å²) in [6.45, 7) is 4.87. The molecule has 0 saturated carbocycles. The van der Waals surface area contributed by atoms with E-state index in [0.717, 1.165) is 0 Å². The lowest BCUT2D eigenvalue weighted by molar-refractivity contribution is -0.116. The molecule has 1 aromatic carbocycles. The number of anilines is 1. The first-order chi connectivity index (χ1) is 8.11. The minimum atomic E-state index is -0.0834. The van der Waals surface area contributed by atoms with Crippen molar-refractivity contribution in [3.63, 3.8) is 0 Å². The van der Waals surface area contributed by atoms with Crippen molar-refractivity contribution in [1.82, 2.24) is 5.32 Å². The van der Waals surface area contributed by atoms with Crippen molar-refractivity contribution in [1.29, 1.82) is 0 Å². The van der Waals surface area contributed by atoms with E-state index >= 15 is 0 Å². The third kappa shape index (κ3) is 5.73. The number of amides is 1. The number of nitrogens with one attached hydrogen (secondary N) is 2. The van der Waals surface area contributed by atoms with Crippen LogP contribution in [0.25, 0.3) is 0 Å². The van der Waals surface area contributed by atoms with Crippen molar-refractivity contribution in [2.45, 2.75) is 6.42 Å². The summed E-state index contributed by atoms with van der Waals surface area (Å²) in [5.74, 6) is -0.0834. The van der Waals surface area contributed by atoms with E-state index in [9.17, 15) is 4.79 Å². The molecule has 0 heterocycles. The van der Waals surface area contributed by atoms with Gasteiger partial charge in [-0.3, -0.25) is 4.79 Å². The minimum absolute atomic E-state index is 0.0834. The molecule has 0 aliphatic carbocycles. The first-order valence-corrected chi connectivity index (χ1v) is 5.95. The van der Waals surface area contributed by atoms with E-state index in [1.54, 1.807) is 24.3 Å². The first-order valence-electron chi connectivity index (χ1n) is 5.19. The molecule has 1 rings (SSSR count). The molecule has 1 aromatic rings. The average molecular weight is 273 g/mol. The zero-order valence-corrected chi connectivity index (χ0v) is 10.8. The Morgan fingerprint density at radius 1 is 1.29 bits per heavy atom. The maximum absolute atomic E-state index is 11.5. The fraction of sp³-hybridized carbons (Fsp3) is 0.250. The molecule has 0 spiro atoms. The molecule has 0 unspecified atom stereocenters. The zero-order chi connectivity index (χ0) is 12.7. The zero-order valence-electron chi connectivity index (χ0n) is 9.30. The van der Waals surface area contributed by atoms with Crippen molar-refractivity contribution >= 4 is 34.8 Å². The van der Waals surface area contributed by atoms with Crippen LogP contribution in [0.3, 0.4) is 0 Å². The van der Waals surface area contributed by atoms with Crippen molar-refractivity contribution in [2.75, 3.05) is 18.4 Å². The number of carbonyl (C=O) groups excluding carboxylic acids is 1. The molecule has 3 nitrogen and oxygen atoms in total. The average Bonchev–Trinajstić information content (AvgIpc) is 2.23. The molecule has 0 fully saturated rings. The van der Waals surface area contributed by atoms with E-state index in [1.807, 2.05) is 0 Å². The highest BCUT2D eigenvalue weighted by Gasteiger charge is 2.03. The predicted molar refractivity (Wildman–Crippen MR) is 72.8 cm³/mol. The molecule has 0 aromatic heterocycles. The van der Waals surface area contributed by atoms with Crippen LogP contribution < -0.4 is 10.6 Å². The van der Waals surface area contributed by atoms with Crippen LogP contribution in [0.15, 0.2) is 30.9 Å². The van der Waals surface area contributed by atoms with Gasteiger partial charge >= 0.3 is 0 Å². The Hall–Kier alpha value is -1.03. The van der Waals surface area contributed by atoms with E-state index in [2.05, 4.69) is 17.2 Å². The minimum Gasteiger partial charge on any atom is -0.326 e. The molecule has 0 radical (unpaired) electrons. The topological polar surface area (TPSA) is 41.1 Å². The molecule has 0 atom stereocenters. The Morgan fingerprint density at radius 2 is 1.94 bits per heavy atom. The number of halogens is 2. The smallest absolute Gasteiger partial charge is 0.225 e. The van der Waals surface area contributed by atoms with Crippen molar-refractivity contribution in [3.8, 4) is 0 Å². The third-order valence-corrected chi connectivity index (χ3v) is 2.40. The fourth-order valence-electron chi connectivity index (χ4n) is 1.26. The van der Waals surface area contributed by atoms with Gasteiger partial charge in [-0.15, -0.1) is 6.58 Å². The van der Waals surface area contributed by atoms with Gasteiger partial charge in [0.15, 0.2) is 0 Å². The maximum Gasteiger partial charge on any atom is 0.225 e. The summed E-state index contributed by atoms with van der Waals surface area (Å²) in [5, 5.41) is 6.77. The van der Waals surface area contributed by atoms with Gasteiger partial charge in [0.25, 0.3) is 0 Å². The van der Waals surface area contributed by atoms with E-state index < -0.39 is 0 Å². The highest BCUT2D eigenvalue weighted by molar-refractivity contribution is 6.35. The normalized spacial score (nSPS) is 10.0. The number of hydrogen-bond acceptors (Lipinski definition) is 2. The van der Waals surface area contributed by atoms with Crippen LogP contribution in [0.1, 0.15) is 6.42 Å². The summed E-state index contributed by atoms with van der Waals surface area (Å²) in [7, 11) is 0. The SMILES string of the molecule is C=CCNCCC(=O)Nc1cc(Cl)cc(Cl)c1. The van der Waals surface area contributed by atoms with Crippen LogP contribution in [0.5, 0.6) is 0 Å². The van der Waals surface area contributed by atoms with E-state index in [4.69, 9.17) is 23.2 Å². The second-order valence-electron chi connectivity index (χ2n) is 3.45. The van der Waals surface area contributed by atoms with Gasteiger partial charge in [-0.1, -0.05) is 29.3 Å². The molecule has 17 heavy (non-hydrogen) atoms. The van der Waals surface area contributed by atoms with Crippen molar-refractivity contribution < 1.29 is 4.79 Å². The lowest BCUT2D eigenvalue weighted by atomic mass is 10.3. The predicted octanol–water partition coefficient (Wildman–Crippen LogP) is 3.10. The van der Waals surface area contributed by atoms with Gasteiger partial charge in [-0.2, -0.15) is 0 Å². The van der Waals surface area contributed by atoms with Gasteiger partial charge in [0.05, 0.1) is 0 Å². The van der Waals surface area contributed by atoms with Crippen LogP contribution in [-0.2, 0) is 4.79 Å². The molecule has 92 valence electrons. The summed E-state index contributed by atoms with van der Waals surface area (Å²) >= 11 is 11.6. The monoisotopic (exact) mass is 272 g/mol. The summed E-state index contributed by atoms with van der Waals surface area (Å²) in [6, 6.07) is 4.93. The molecular formula is C12H14Cl2N2O. The number of benzene rings is 1. The van der Waals surface area contributed by atoms with Crippen molar-refractivity contribution in [2.24, 2.45) is 0 Å².